The number of aliphatic hydroxyl groups is 1. The van der Waals surface area contributed by atoms with Gasteiger partial charge in [-0.1, -0.05) is 32.0 Å². The molecule has 0 saturated heterocycles. The van der Waals surface area contributed by atoms with Crippen LogP contribution in [-0.2, 0) is 25.6 Å². The molecule has 32 heavy (non-hydrogen) atoms. The first-order valence-corrected chi connectivity index (χ1v) is 10.2. The fourth-order valence-corrected chi connectivity index (χ4v) is 3.12. The molecule has 11 nitrogen and oxygen atoms in total. The lowest BCUT2D eigenvalue weighted by Crippen LogP contribution is -2.56. The number of aromatic nitrogens is 1. The van der Waals surface area contributed by atoms with Crippen molar-refractivity contribution in [2.24, 2.45) is 11.7 Å². The third kappa shape index (κ3) is 6.53. The molecular weight excluding hydrogens is 418 g/mol. The summed E-state index contributed by atoms with van der Waals surface area (Å²) in [6.45, 7) is 2.34. The van der Waals surface area contributed by atoms with E-state index in [9.17, 15) is 24.3 Å². The summed E-state index contributed by atoms with van der Waals surface area (Å²) in [7, 11) is 0. The minimum absolute atomic E-state index is 0.0583. The summed E-state index contributed by atoms with van der Waals surface area (Å²) in [5, 5.41) is 26.6. The monoisotopic (exact) mass is 447 g/mol. The predicted octanol–water partition coefficient (Wildman–Crippen LogP) is -1.14. The van der Waals surface area contributed by atoms with E-state index in [0.717, 1.165) is 16.5 Å². The van der Waals surface area contributed by atoms with Gasteiger partial charge in [0, 0.05) is 23.5 Å². The molecule has 8 N–H and O–H groups in total. The van der Waals surface area contributed by atoms with E-state index in [1.165, 1.54) is 0 Å². The van der Waals surface area contributed by atoms with Crippen LogP contribution in [0.1, 0.15) is 19.4 Å². The Kier molecular flexibility index (Phi) is 8.73. The second kappa shape index (κ2) is 11.3. The maximum absolute atomic E-state index is 12.4. The average Bonchev–Trinajstić information content (AvgIpc) is 3.17. The smallest absolute Gasteiger partial charge is 0.326 e. The zero-order valence-corrected chi connectivity index (χ0v) is 17.9. The summed E-state index contributed by atoms with van der Waals surface area (Å²) in [4.78, 5) is 51.3. The molecule has 0 bridgehead atoms. The molecule has 11 heteroatoms. The number of fused-ring (bicyclic) bond motifs is 1. The van der Waals surface area contributed by atoms with Crippen LogP contribution >= 0.6 is 0 Å². The molecule has 2 aromatic rings. The molecular formula is C21H29N5O6. The van der Waals surface area contributed by atoms with Crippen LogP contribution < -0.4 is 21.7 Å². The van der Waals surface area contributed by atoms with Crippen LogP contribution in [0, 0.1) is 5.92 Å². The maximum Gasteiger partial charge on any atom is 0.326 e. The Morgan fingerprint density at radius 2 is 1.78 bits per heavy atom. The number of aliphatic carboxylic acids is 1. The highest BCUT2D eigenvalue weighted by atomic mass is 16.4. The van der Waals surface area contributed by atoms with Gasteiger partial charge >= 0.3 is 5.97 Å². The largest absolute Gasteiger partial charge is 0.480 e. The van der Waals surface area contributed by atoms with E-state index >= 15 is 0 Å². The van der Waals surface area contributed by atoms with Crippen molar-refractivity contribution in [1.29, 1.82) is 0 Å². The summed E-state index contributed by atoms with van der Waals surface area (Å²) in [6, 6.07) is 4.06. The average molecular weight is 447 g/mol. The molecule has 3 amide bonds. The van der Waals surface area contributed by atoms with Gasteiger partial charge < -0.3 is 36.9 Å². The Bertz CT molecular complexity index is 972. The molecule has 1 heterocycles. The maximum atomic E-state index is 12.4. The van der Waals surface area contributed by atoms with Crippen LogP contribution in [0.4, 0.5) is 0 Å². The number of rotatable bonds is 11. The van der Waals surface area contributed by atoms with Crippen LogP contribution in [0.5, 0.6) is 0 Å². The van der Waals surface area contributed by atoms with Crippen LogP contribution in [0.2, 0.25) is 0 Å². The third-order valence-corrected chi connectivity index (χ3v) is 4.94. The predicted molar refractivity (Wildman–Crippen MR) is 116 cm³/mol. The van der Waals surface area contributed by atoms with Gasteiger partial charge in [0.25, 0.3) is 0 Å². The first kappa shape index (κ1) is 24.8. The van der Waals surface area contributed by atoms with Crippen LogP contribution in [0.25, 0.3) is 10.9 Å². The number of aromatic amines is 1. The zero-order valence-electron chi connectivity index (χ0n) is 17.9. The van der Waals surface area contributed by atoms with Gasteiger partial charge in [-0.05, 0) is 17.5 Å². The summed E-state index contributed by atoms with van der Waals surface area (Å²) in [5.41, 5.74) is 7.04. The van der Waals surface area contributed by atoms with Gasteiger partial charge in [-0.25, -0.2) is 4.79 Å². The number of carboxylic acids is 1. The first-order valence-electron chi connectivity index (χ1n) is 10.2. The number of carbonyl (C=O) groups excluding carboxylic acids is 3. The van der Waals surface area contributed by atoms with Gasteiger partial charge in [-0.15, -0.1) is 0 Å². The molecule has 2 rings (SSSR count). The lowest BCUT2D eigenvalue weighted by atomic mass is 10.0. The molecule has 1 aromatic heterocycles. The molecule has 3 unspecified atom stereocenters. The number of H-pyrrole nitrogens is 1. The molecule has 0 aliphatic rings. The Balaban J connectivity index is 1.95. The quantitative estimate of drug-likeness (QED) is 0.227. The fourth-order valence-electron chi connectivity index (χ4n) is 3.12. The van der Waals surface area contributed by atoms with Crippen LogP contribution in [0.3, 0.4) is 0 Å². The van der Waals surface area contributed by atoms with E-state index in [2.05, 4.69) is 20.9 Å². The van der Waals surface area contributed by atoms with Crippen LogP contribution in [0.15, 0.2) is 30.5 Å². The SMILES string of the molecule is CC(C)C(NC(=O)C(N)CO)C(=O)NCC(=O)NC(Cc1c[nH]c2ccccc12)C(=O)O. The number of nitrogens with two attached hydrogens (primary N) is 1. The highest BCUT2D eigenvalue weighted by Gasteiger charge is 2.27. The van der Waals surface area contributed by atoms with E-state index in [1.807, 2.05) is 24.3 Å². The summed E-state index contributed by atoms with van der Waals surface area (Å²) in [6.07, 6.45) is 1.75. The number of aliphatic hydroxyl groups excluding tert-OH is 1. The highest BCUT2D eigenvalue weighted by molar-refractivity contribution is 5.93. The Morgan fingerprint density at radius 3 is 2.41 bits per heavy atom. The third-order valence-electron chi connectivity index (χ3n) is 4.94. The second-order valence-corrected chi connectivity index (χ2v) is 7.76. The van der Waals surface area contributed by atoms with E-state index < -0.39 is 55.0 Å². The van der Waals surface area contributed by atoms with Gasteiger partial charge in [0.15, 0.2) is 0 Å². The molecule has 3 atom stereocenters. The number of carboxylic acid groups (broad SMARTS) is 1. The van der Waals surface area contributed by atoms with Crippen molar-refractivity contribution in [3.8, 4) is 0 Å². The van der Waals surface area contributed by atoms with Crippen molar-refractivity contribution in [2.75, 3.05) is 13.2 Å². The van der Waals surface area contributed by atoms with Gasteiger partial charge in [-0.3, -0.25) is 14.4 Å². The summed E-state index contributed by atoms with van der Waals surface area (Å²) < 4.78 is 0. The number of amides is 3. The normalized spacial score (nSPS) is 13.9. The lowest BCUT2D eigenvalue weighted by molar-refractivity contribution is -0.141. The number of benzene rings is 1. The van der Waals surface area contributed by atoms with Crippen molar-refractivity contribution in [2.45, 2.75) is 38.4 Å². The topological polar surface area (TPSA) is 187 Å². The molecule has 174 valence electrons. The standard InChI is InChI=1S/C21H29N5O6/c1-11(2)18(26-19(29)14(22)10-27)20(30)24-9-17(28)25-16(21(31)32)7-12-8-23-15-6-4-3-5-13(12)15/h3-6,8,11,14,16,18,23,27H,7,9-10,22H2,1-2H3,(H,24,30)(H,25,28)(H,26,29)(H,31,32). The van der Waals surface area contributed by atoms with Crippen molar-refractivity contribution in [1.82, 2.24) is 20.9 Å². The van der Waals surface area contributed by atoms with Crippen molar-refractivity contribution in [3.05, 3.63) is 36.0 Å². The number of para-hydroxylation sites is 1. The molecule has 0 saturated carbocycles. The molecule has 0 aliphatic carbocycles. The first-order chi connectivity index (χ1) is 15.1. The number of carbonyl (C=O) groups is 4. The van der Waals surface area contributed by atoms with Gasteiger partial charge in [0.1, 0.15) is 18.1 Å². The van der Waals surface area contributed by atoms with Crippen LogP contribution in [-0.4, -0.2) is 70.2 Å². The van der Waals surface area contributed by atoms with Crippen molar-refractivity contribution in [3.63, 3.8) is 0 Å². The Labute approximate surface area is 184 Å². The number of hydrogen-bond donors (Lipinski definition) is 7. The van der Waals surface area contributed by atoms with Crippen molar-refractivity contribution < 1.29 is 29.4 Å². The Morgan fingerprint density at radius 1 is 1.09 bits per heavy atom. The number of nitrogens with one attached hydrogen (secondary N) is 4. The van der Waals surface area contributed by atoms with E-state index in [4.69, 9.17) is 10.8 Å². The molecule has 1 aromatic carbocycles. The molecule has 0 fully saturated rings. The van der Waals surface area contributed by atoms with E-state index in [1.54, 1.807) is 20.0 Å². The second-order valence-electron chi connectivity index (χ2n) is 7.76. The highest BCUT2D eigenvalue weighted by Crippen LogP contribution is 2.19. The van der Waals surface area contributed by atoms with Crippen molar-refractivity contribution >= 4 is 34.6 Å². The minimum atomic E-state index is -1.21. The molecule has 0 radical (unpaired) electrons. The van der Waals surface area contributed by atoms with E-state index in [-0.39, 0.29) is 12.3 Å². The zero-order chi connectivity index (χ0) is 23.8. The lowest BCUT2D eigenvalue weighted by Gasteiger charge is -2.23. The van der Waals surface area contributed by atoms with Gasteiger partial charge in [0.05, 0.1) is 13.2 Å². The van der Waals surface area contributed by atoms with Gasteiger partial charge in [-0.2, -0.15) is 0 Å². The Hall–Kier alpha value is -3.44. The fraction of sp³-hybridized carbons (Fsp3) is 0.429. The molecule has 0 spiro atoms. The number of hydrogen-bond acceptors (Lipinski definition) is 6. The van der Waals surface area contributed by atoms with Gasteiger partial charge in [0.2, 0.25) is 17.7 Å². The summed E-state index contributed by atoms with van der Waals surface area (Å²) in [5.74, 6) is -3.54. The summed E-state index contributed by atoms with van der Waals surface area (Å²) >= 11 is 0. The molecule has 0 aliphatic heterocycles. The van der Waals surface area contributed by atoms with E-state index in [0.29, 0.717) is 0 Å². The minimum Gasteiger partial charge on any atom is -0.480 e.